The van der Waals surface area contributed by atoms with E-state index in [4.69, 9.17) is 10.2 Å². The van der Waals surface area contributed by atoms with Crippen molar-refractivity contribution >= 4 is 39.5 Å². The highest BCUT2D eigenvalue weighted by atomic mass is 79.9. The summed E-state index contributed by atoms with van der Waals surface area (Å²) in [5.74, 6) is 1.39. The fourth-order valence-electron chi connectivity index (χ4n) is 1.38. The molecule has 3 N–H and O–H groups in total. The first-order chi connectivity index (χ1) is 8.65. The zero-order chi connectivity index (χ0) is 13.0. The van der Waals surface area contributed by atoms with Crippen LogP contribution in [0.2, 0.25) is 0 Å². The molecule has 1 heterocycles. The number of thiocarbonyl (C=S) groups is 1. The molecule has 1 aromatic carbocycles. The van der Waals surface area contributed by atoms with Crippen molar-refractivity contribution in [2.45, 2.75) is 0 Å². The number of hydrogen-bond donors (Lipinski definition) is 2. The number of furan rings is 1. The summed E-state index contributed by atoms with van der Waals surface area (Å²) in [5, 5.41) is 3.94. The third-order valence-corrected chi connectivity index (χ3v) is 2.69. The third-order valence-electron chi connectivity index (χ3n) is 2.10. The summed E-state index contributed by atoms with van der Waals surface area (Å²) in [6, 6.07) is 11.6. The number of nitrogens with zero attached hydrogens (tertiary/aromatic N) is 1. The van der Waals surface area contributed by atoms with E-state index >= 15 is 0 Å². The van der Waals surface area contributed by atoms with E-state index in [0.717, 1.165) is 15.8 Å². The van der Waals surface area contributed by atoms with Crippen LogP contribution in [0.15, 0.2) is 50.4 Å². The Balaban J connectivity index is 2.15. The molecule has 0 amide bonds. The Labute approximate surface area is 118 Å². The van der Waals surface area contributed by atoms with E-state index in [1.807, 2.05) is 36.4 Å². The molecule has 4 nitrogen and oxygen atoms in total. The van der Waals surface area contributed by atoms with Gasteiger partial charge in [-0.05, 0) is 36.5 Å². The number of halogens is 1. The number of nitrogens with two attached hydrogens (primary N) is 1. The summed E-state index contributed by atoms with van der Waals surface area (Å²) in [6.07, 6.45) is 1.51. The van der Waals surface area contributed by atoms with E-state index in [1.54, 1.807) is 0 Å². The van der Waals surface area contributed by atoms with Crippen LogP contribution < -0.4 is 11.2 Å². The predicted octanol–water partition coefficient (Wildman–Crippen LogP) is 2.88. The topological polar surface area (TPSA) is 63.5 Å². The SMILES string of the molecule is NC(=S)NN=Cc1ccc(-c2cccc(Br)c2)o1. The molecule has 0 saturated carbocycles. The maximum atomic E-state index is 5.61. The highest BCUT2D eigenvalue weighted by molar-refractivity contribution is 9.10. The highest BCUT2D eigenvalue weighted by Crippen LogP contribution is 2.24. The van der Waals surface area contributed by atoms with Crippen LogP contribution in [-0.4, -0.2) is 11.3 Å². The van der Waals surface area contributed by atoms with Crippen molar-refractivity contribution in [2.24, 2.45) is 10.8 Å². The van der Waals surface area contributed by atoms with Gasteiger partial charge in [-0.3, -0.25) is 5.43 Å². The minimum atomic E-state index is 0.116. The number of hydrazone groups is 1. The van der Waals surface area contributed by atoms with Crippen molar-refractivity contribution in [1.82, 2.24) is 5.43 Å². The summed E-state index contributed by atoms with van der Waals surface area (Å²) < 4.78 is 6.61. The Morgan fingerprint density at radius 3 is 2.94 bits per heavy atom. The lowest BCUT2D eigenvalue weighted by atomic mass is 10.2. The van der Waals surface area contributed by atoms with Gasteiger partial charge in [0.2, 0.25) is 0 Å². The zero-order valence-corrected chi connectivity index (χ0v) is 11.7. The smallest absolute Gasteiger partial charge is 0.184 e. The molecule has 0 aliphatic rings. The maximum Gasteiger partial charge on any atom is 0.184 e. The standard InChI is InChI=1S/C12H10BrN3OS/c13-9-3-1-2-8(6-9)11-5-4-10(17-11)7-15-16-12(14)18/h1-7H,(H3,14,16,18). The van der Waals surface area contributed by atoms with Crippen LogP contribution in [0.4, 0.5) is 0 Å². The fourth-order valence-corrected chi connectivity index (χ4v) is 1.83. The molecule has 0 fully saturated rings. The molecule has 2 rings (SSSR count). The van der Waals surface area contributed by atoms with Gasteiger partial charge < -0.3 is 10.2 Å². The van der Waals surface area contributed by atoms with Crippen LogP contribution in [-0.2, 0) is 0 Å². The van der Waals surface area contributed by atoms with Gasteiger partial charge in [0.1, 0.15) is 11.5 Å². The van der Waals surface area contributed by atoms with E-state index in [9.17, 15) is 0 Å². The van der Waals surface area contributed by atoms with E-state index < -0.39 is 0 Å². The van der Waals surface area contributed by atoms with Crippen LogP contribution in [0.1, 0.15) is 5.76 Å². The second-order valence-corrected chi connectivity index (χ2v) is 4.80. The number of hydrogen-bond acceptors (Lipinski definition) is 3. The molecule has 18 heavy (non-hydrogen) atoms. The molecule has 0 unspecified atom stereocenters. The summed E-state index contributed by atoms with van der Waals surface area (Å²) in [5.41, 5.74) is 8.70. The second-order valence-electron chi connectivity index (χ2n) is 3.45. The Bertz CT molecular complexity index is 595. The normalized spacial score (nSPS) is 10.7. The largest absolute Gasteiger partial charge is 0.455 e. The van der Waals surface area contributed by atoms with E-state index in [0.29, 0.717) is 5.76 Å². The van der Waals surface area contributed by atoms with E-state index in [1.165, 1.54) is 6.21 Å². The van der Waals surface area contributed by atoms with E-state index in [2.05, 4.69) is 38.7 Å². The molecule has 2 aromatic rings. The van der Waals surface area contributed by atoms with Gasteiger partial charge >= 0.3 is 0 Å². The Morgan fingerprint density at radius 1 is 1.39 bits per heavy atom. The van der Waals surface area contributed by atoms with Gasteiger partial charge in [-0.2, -0.15) is 5.10 Å². The lowest BCUT2D eigenvalue weighted by Crippen LogP contribution is -2.23. The Kier molecular flexibility index (Phi) is 4.11. The van der Waals surface area contributed by atoms with Crippen LogP contribution in [0.3, 0.4) is 0 Å². The van der Waals surface area contributed by atoms with Crippen LogP contribution in [0, 0.1) is 0 Å². The fraction of sp³-hybridized carbons (Fsp3) is 0. The maximum absolute atomic E-state index is 5.61. The van der Waals surface area contributed by atoms with Gasteiger partial charge in [0, 0.05) is 10.0 Å². The lowest BCUT2D eigenvalue weighted by molar-refractivity contribution is 0.574. The molecule has 1 aromatic heterocycles. The first kappa shape index (κ1) is 12.8. The molecule has 0 aliphatic carbocycles. The summed E-state index contributed by atoms with van der Waals surface area (Å²) in [4.78, 5) is 0. The number of nitrogens with one attached hydrogen (secondary N) is 1. The summed E-state index contributed by atoms with van der Waals surface area (Å²) in [6.45, 7) is 0. The zero-order valence-electron chi connectivity index (χ0n) is 9.26. The highest BCUT2D eigenvalue weighted by Gasteiger charge is 2.03. The third kappa shape index (κ3) is 3.41. The molecular formula is C12H10BrN3OS. The average Bonchev–Trinajstić information content (AvgIpc) is 2.77. The first-order valence-corrected chi connectivity index (χ1v) is 6.29. The van der Waals surface area contributed by atoms with Gasteiger partial charge in [-0.1, -0.05) is 28.1 Å². The molecule has 92 valence electrons. The Morgan fingerprint density at radius 2 is 2.22 bits per heavy atom. The minimum Gasteiger partial charge on any atom is -0.455 e. The monoisotopic (exact) mass is 323 g/mol. The number of rotatable bonds is 3. The van der Waals surface area contributed by atoms with Gasteiger partial charge in [-0.25, -0.2) is 0 Å². The van der Waals surface area contributed by atoms with Crippen molar-refractivity contribution in [3.05, 3.63) is 46.6 Å². The van der Waals surface area contributed by atoms with Gasteiger partial charge in [0.05, 0.1) is 6.21 Å². The Hall–Kier alpha value is -1.66. The van der Waals surface area contributed by atoms with Crippen molar-refractivity contribution in [3.8, 4) is 11.3 Å². The lowest BCUT2D eigenvalue weighted by Gasteiger charge is -1.97. The van der Waals surface area contributed by atoms with Crippen molar-refractivity contribution in [2.75, 3.05) is 0 Å². The molecule has 0 atom stereocenters. The summed E-state index contributed by atoms with van der Waals surface area (Å²) >= 11 is 8.04. The molecule has 0 saturated heterocycles. The van der Waals surface area contributed by atoms with Crippen LogP contribution >= 0.6 is 28.1 Å². The van der Waals surface area contributed by atoms with Gasteiger partial charge in [0.25, 0.3) is 0 Å². The number of benzene rings is 1. The molecule has 0 radical (unpaired) electrons. The van der Waals surface area contributed by atoms with Crippen molar-refractivity contribution in [1.29, 1.82) is 0 Å². The van der Waals surface area contributed by atoms with Gasteiger partial charge in [-0.15, -0.1) is 0 Å². The van der Waals surface area contributed by atoms with Crippen molar-refractivity contribution < 1.29 is 4.42 Å². The average molecular weight is 324 g/mol. The van der Waals surface area contributed by atoms with Crippen LogP contribution in [0.25, 0.3) is 11.3 Å². The molecule has 6 heteroatoms. The summed E-state index contributed by atoms with van der Waals surface area (Å²) in [7, 11) is 0. The molecule has 0 spiro atoms. The second kappa shape index (κ2) is 5.79. The molecular weight excluding hydrogens is 314 g/mol. The quantitative estimate of drug-likeness (QED) is 0.518. The first-order valence-electron chi connectivity index (χ1n) is 5.09. The van der Waals surface area contributed by atoms with E-state index in [-0.39, 0.29) is 5.11 Å². The molecule has 0 aliphatic heterocycles. The van der Waals surface area contributed by atoms with Crippen molar-refractivity contribution in [3.63, 3.8) is 0 Å². The molecule has 0 bridgehead atoms. The predicted molar refractivity (Wildman–Crippen MR) is 79.4 cm³/mol. The van der Waals surface area contributed by atoms with Crippen LogP contribution in [0.5, 0.6) is 0 Å². The van der Waals surface area contributed by atoms with Gasteiger partial charge in [0.15, 0.2) is 5.11 Å². The minimum absolute atomic E-state index is 0.116.